The first-order chi connectivity index (χ1) is 16.4. The normalized spacial score (nSPS) is 14.3. The van der Waals surface area contributed by atoms with Gasteiger partial charge in [-0.05, 0) is 18.3 Å². The van der Waals surface area contributed by atoms with Gasteiger partial charge in [0.15, 0.2) is 0 Å². The van der Waals surface area contributed by atoms with Crippen LogP contribution in [0.25, 0.3) is 0 Å². The molecule has 0 aliphatic heterocycles. The van der Waals surface area contributed by atoms with E-state index in [9.17, 15) is 28.8 Å². The maximum atomic E-state index is 12.6. The minimum atomic E-state index is -1.08. The third-order valence-corrected chi connectivity index (χ3v) is 5.09. The van der Waals surface area contributed by atoms with Crippen LogP contribution in [0.2, 0.25) is 0 Å². The number of nitrogens with one attached hydrogen (secondary N) is 5. The van der Waals surface area contributed by atoms with E-state index >= 15 is 0 Å². The number of rotatable bonds is 16. The highest BCUT2D eigenvalue weighted by atomic mass is 32.1. The Morgan fingerprint density at radius 2 is 1.43 bits per heavy atom. The summed E-state index contributed by atoms with van der Waals surface area (Å²) in [6.07, 6.45) is 0.676. The molecule has 0 aromatic rings. The van der Waals surface area contributed by atoms with Crippen molar-refractivity contribution in [1.82, 2.24) is 26.6 Å². The Bertz CT molecular complexity index is 750. The highest BCUT2D eigenvalue weighted by molar-refractivity contribution is 7.80. The Kier molecular flexibility index (Phi) is 15.5. The van der Waals surface area contributed by atoms with Crippen LogP contribution in [0.3, 0.4) is 0 Å². The van der Waals surface area contributed by atoms with Crippen LogP contribution in [-0.4, -0.2) is 90.5 Å². The minimum absolute atomic E-state index is 0.0671. The Morgan fingerprint density at radius 1 is 0.886 bits per heavy atom. The van der Waals surface area contributed by atoms with Gasteiger partial charge in [0, 0.05) is 5.75 Å². The van der Waals surface area contributed by atoms with E-state index in [0.29, 0.717) is 12.7 Å². The summed E-state index contributed by atoms with van der Waals surface area (Å²) in [4.78, 5) is 71.9. The van der Waals surface area contributed by atoms with E-state index in [4.69, 9.17) is 10.8 Å². The van der Waals surface area contributed by atoms with Crippen LogP contribution >= 0.6 is 12.6 Å². The van der Waals surface area contributed by atoms with Crippen molar-refractivity contribution in [1.29, 1.82) is 0 Å². The molecule has 0 spiro atoms. The summed E-state index contributed by atoms with van der Waals surface area (Å²) in [7, 11) is 0. The molecule has 35 heavy (non-hydrogen) atoms. The summed E-state index contributed by atoms with van der Waals surface area (Å²) < 4.78 is 0. The average molecular weight is 519 g/mol. The number of thiol groups is 1. The number of carbonyl (C=O) groups is 6. The largest absolute Gasteiger partial charge is 0.394 e. The van der Waals surface area contributed by atoms with Gasteiger partial charge < -0.3 is 42.2 Å². The van der Waals surface area contributed by atoms with E-state index < -0.39 is 73.4 Å². The predicted molar refractivity (Wildman–Crippen MR) is 131 cm³/mol. The van der Waals surface area contributed by atoms with Crippen LogP contribution in [-0.2, 0) is 28.8 Å². The first-order valence-corrected chi connectivity index (χ1v) is 11.9. The lowest BCUT2D eigenvalue weighted by Crippen LogP contribution is -2.56. The smallest absolute Gasteiger partial charge is 0.243 e. The standard InChI is InChI=1S/C21H38N6O7S/c1-11(2)5-15(26-19(32)14(22)10-35)20(33)23-7-17(31)27-18(12(3)4)21(34)24-6-16(30)25-13(8-28)9-29/h8,11-15,18,29,35H,5-7,9-10,22H2,1-4H3,(H,23,33)(H,24,34)(H,25,30)(H,26,32)(H,27,31)/t13-,14+,15+,18+/m1/s1. The molecule has 0 saturated carbocycles. The van der Waals surface area contributed by atoms with Crippen LogP contribution in [0.4, 0.5) is 0 Å². The van der Waals surface area contributed by atoms with Gasteiger partial charge in [0.2, 0.25) is 29.5 Å². The molecule has 0 aliphatic rings. The molecule has 13 nitrogen and oxygen atoms in total. The molecule has 0 aromatic heterocycles. The van der Waals surface area contributed by atoms with E-state index in [2.05, 4.69) is 39.2 Å². The fraction of sp³-hybridized carbons (Fsp3) is 0.714. The first kappa shape index (κ1) is 32.3. The molecule has 200 valence electrons. The molecule has 0 bridgehead atoms. The van der Waals surface area contributed by atoms with E-state index in [1.165, 1.54) is 0 Å². The van der Waals surface area contributed by atoms with Crippen molar-refractivity contribution >= 4 is 48.5 Å². The van der Waals surface area contributed by atoms with Gasteiger partial charge in [0.1, 0.15) is 24.4 Å². The third kappa shape index (κ3) is 13.1. The second-order valence-electron chi connectivity index (χ2n) is 8.70. The van der Waals surface area contributed by atoms with E-state index in [1.807, 2.05) is 13.8 Å². The summed E-state index contributed by atoms with van der Waals surface area (Å²) >= 11 is 3.96. The molecule has 0 radical (unpaired) electrons. The van der Waals surface area contributed by atoms with Crippen molar-refractivity contribution in [2.75, 3.05) is 25.4 Å². The predicted octanol–water partition coefficient (Wildman–Crippen LogP) is -3.18. The molecule has 8 N–H and O–H groups in total. The number of nitrogens with two attached hydrogens (primary N) is 1. The zero-order valence-electron chi connectivity index (χ0n) is 20.5. The molecular weight excluding hydrogens is 480 g/mol. The Labute approximate surface area is 210 Å². The number of aldehydes is 1. The SMILES string of the molecule is CC(C)C[C@H](NC(=O)[C@@H](N)CS)C(=O)NCC(=O)N[C@H](C(=O)NCC(=O)N[C@H](C=O)CO)C(C)C. The van der Waals surface area contributed by atoms with E-state index in [0.717, 1.165) is 0 Å². The highest BCUT2D eigenvalue weighted by Gasteiger charge is 2.27. The Morgan fingerprint density at radius 3 is 1.89 bits per heavy atom. The van der Waals surface area contributed by atoms with Crippen LogP contribution < -0.4 is 32.3 Å². The number of aliphatic hydroxyl groups is 1. The average Bonchev–Trinajstić information content (AvgIpc) is 2.81. The third-order valence-electron chi connectivity index (χ3n) is 4.69. The quantitative estimate of drug-likeness (QED) is 0.0770. The number of aliphatic hydroxyl groups excluding tert-OH is 1. The molecule has 0 aromatic carbocycles. The first-order valence-electron chi connectivity index (χ1n) is 11.2. The summed E-state index contributed by atoms with van der Waals surface area (Å²) in [5, 5.41) is 21.0. The fourth-order valence-electron chi connectivity index (χ4n) is 2.77. The van der Waals surface area contributed by atoms with Gasteiger partial charge in [-0.1, -0.05) is 27.7 Å². The topological polar surface area (TPSA) is 209 Å². The number of hydrogen-bond acceptors (Lipinski definition) is 9. The molecule has 0 unspecified atom stereocenters. The monoisotopic (exact) mass is 518 g/mol. The van der Waals surface area contributed by atoms with Crippen molar-refractivity contribution in [2.24, 2.45) is 17.6 Å². The summed E-state index contributed by atoms with van der Waals surface area (Å²) in [6.45, 7) is 5.59. The zero-order chi connectivity index (χ0) is 27.1. The molecule has 0 heterocycles. The van der Waals surface area contributed by atoms with Crippen molar-refractivity contribution < 1.29 is 33.9 Å². The molecule has 0 fully saturated rings. The minimum Gasteiger partial charge on any atom is -0.394 e. The van der Waals surface area contributed by atoms with Gasteiger partial charge in [-0.2, -0.15) is 12.6 Å². The van der Waals surface area contributed by atoms with Gasteiger partial charge in [-0.3, -0.25) is 24.0 Å². The number of carbonyl (C=O) groups excluding carboxylic acids is 6. The number of amides is 5. The van der Waals surface area contributed by atoms with Gasteiger partial charge in [0.25, 0.3) is 0 Å². The molecule has 0 rings (SSSR count). The second-order valence-corrected chi connectivity index (χ2v) is 9.06. The lowest BCUT2D eigenvalue weighted by Gasteiger charge is -2.23. The maximum absolute atomic E-state index is 12.6. The van der Waals surface area contributed by atoms with Crippen molar-refractivity contribution in [2.45, 2.75) is 58.3 Å². The van der Waals surface area contributed by atoms with Gasteiger partial charge in [-0.15, -0.1) is 0 Å². The van der Waals surface area contributed by atoms with Crippen LogP contribution in [0, 0.1) is 11.8 Å². The van der Waals surface area contributed by atoms with Crippen LogP contribution in [0.1, 0.15) is 34.1 Å². The van der Waals surface area contributed by atoms with Crippen LogP contribution in [0.15, 0.2) is 0 Å². The molecule has 0 aliphatic carbocycles. The Hall–Kier alpha value is -2.71. The molecule has 4 atom stereocenters. The lowest BCUT2D eigenvalue weighted by atomic mass is 10.0. The van der Waals surface area contributed by atoms with Crippen LogP contribution in [0.5, 0.6) is 0 Å². The van der Waals surface area contributed by atoms with Crippen molar-refractivity contribution in [3.8, 4) is 0 Å². The van der Waals surface area contributed by atoms with Crippen molar-refractivity contribution in [3.63, 3.8) is 0 Å². The van der Waals surface area contributed by atoms with Gasteiger partial charge in [0.05, 0.1) is 25.7 Å². The van der Waals surface area contributed by atoms with Gasteiger partial charge in [-0.25, -0.2) is 0 Å². The summed E-state index contributed by atoms with van der Waals surface area (Å²) in [5.41, 5.74) is 5.64. The molecule has 5 amide bonds. The summed E-state index contributed by atoms with van der Waals surface area (Å²) in [5.74, 6) is -3.29. The van der Waals surface area contributed by atoms with E-state index in [-0.39, 0.29) is 17.6 Å². The van der Waals surface area contributed by atoms with Crippen molar-refractivity contribution in [3.05, 3.63) is 0 Å². The lowest BCUT2D eigenvalue weighted by molar-refractivity contribution is -0.133. The Balaban J connectivity index is 4.90. The highest BCUT2D eigenvalue weighted by Crippen LogP contribution is 2.06. The zero-order valence-corrected chi connectivity index (χ0v) is 21.4. The molecule has 14 heteroatoms. The molecular formula is C21H38N6O7S. The second kappa shape index (κ2) is 16.8. The van der Waals surface area contributed by atoms with E-state index in [1.54, 1.807) is 13.8 Å². The maximum Gasteiger partial charge on any atom is 0.243 e. The summed E-state index contributed by atoms with van der Waals surface area (Å²) in [6, 6.07) is -3.88. The van der Waals surface area contributed by atoms with Gasteiger partial charge >= 0.3 is 0 Å². The molecule has 0 saturated heterocycles. The number of hydrogen-bond donors (Lipinski definition) is 8. The fourth-order valence-corrected chi connectivity index (χ4v) is 2.94.